The molecule has 0 amide bonds. The first-order chi connectivity index (χ1) is 10.2. The number of nitrogens with one attached hydrogen (secondary N) is 2. The normalized spacial score (nSPS) is 24.5. The van der Waals surface area contributed by atoms with Crippen LogP contribution in [-0.4, -0.2) is 21.3 Å². The summed E-state index contributed by atoms with van der Waals surface area (Å²) in [6, 6.07) is 6.37. The van der Waals surface area contributed by atoms with Crippen molar-refractivity contribution < 1.29 is 5.11 Å². The van der Waals surface area contributed by atoms with Gasteiger partial charge >= 0.3 is 0 Å². The van der Waals surface area contributed by atoms with Gasteiger partial charge in [-0.15, -0.1) is 0 Å². The van der Waals surface area contributed by atoms with Crippen molar-refractivity contribution in [2.75, 3.05) is 5.32 Å². The Balaban J connectivity index is 1.62. The van der Waals surface area contributed by atoms with Crippen molar-refractivity contribution in [3.8, 4) is 11.3 Å². The molecule has 0 saturated heterocycles. The molecule has 2 heterocycles. The Kier molecular flexibility index (Phi) is 3.00. The minimum Gasteiger partial charge on any atom is -0.374 e. The van der Waals surface area contributed by atoms with Gasteiger partial charge in [-0.25, -0.2) is 4.98 Å². The fourth-order valence-electron chi connectivity index (χ4n) is 3.30. The molecule has 4 rings (SSSR count). The summed E-state index contributed by atoms with van der Waals surface area (Å²) in [5, 5.41) is 13.5. The van der Waals surface area contributed by atoms with Gasteiger partial charge in [0.2, 0.25) is 0 Å². The van der Waals surface area contributed by atoms with Gasteiger partial charge < -0.3 is 15.4 Å². The zero-order valence-electron chi connectivity index (χ0n) is 12.3. The van der Waals surface area contributed by atoms with Crippen molar-refractivity contribution in [1.82, 2.24) is 9.97 Å². The maximum Gasteiger partial charge on any atom is 0.127 e. The predicted molar refractivity (Wildman–Crippen MR) is 82.9 cm³/mol. The van der Waals surface area contributed by atoms with E-state index in [0.29, 0.717) is 5.92 Å². The summed E-state index contributed by atoms with van der Waals surface area (Å²) in [6.45, 7) is 1.96. The van der Waals surface area contributed by atoms with Crippen molar-refractivity contribution in [3.05, 3.63) is 35.8 Å². The minimum atomic E-state index is -0.404. The number of rotatable bonds is 3. The molecule has 21 heavy (non-hydrogen) atoms. The molecule has 2 aromatic rings. The fraction of sp³-hybridized carbons (Fsp3) is 0.471. The van der Waals surface area contributed by atoms with E-state index in [4.69, 9.17) is 0 Å². The van der Waals surface area contributed by atoms with Crippen molar-refractivity contribution in [3.63, 3.8) is 0 Å². The smallest absolute Gasteiger partial charge is 0.127 e. The van der Waals surface area contributed by atoms with Gasteiger partial charge in [-0.05, 0) is 48.9 Å². The number of imidazole rings is 1. The lowest BCUT2D eigenvalue weighted by molar-refractivity contribution is 0.119. The molecule has 2 unspecified atom stereocenters. The number of H-pyrrole nitrogens is 1. The number of hydrogen-bond donors (Lipinski definition) is 3. The number of hydrogen-bond acceptors (Lipinski definition) is 3. The van der Waals surface area contributed by atoms with Crippen LogP contribution in [0.4, 0.5) is 5.69 Å². The first-order valence-corrected chi connectivity index (χ1v) is 7.78. The number of aromatic nitrogens is 2. The van der Waals surface area contributed by atoms with Gasteiger partial charge in [0.1, 0.15) is 12.1 Å². The third-order valence-corrected chi connectivity index (χ3v) is 4.68. The molecule has 0 bridgehead atoms. The van der Waals surface area contributed by atoms with E-state index in [2.05, 4.69) is 33.5 Å². The van der Waals surface area contributed by atoms with E-state index in [9.17, 15) is 5.11 Å². The molecule has 110 valence electrons. The quantitative estimate of drug-likeness (QED) is 0.811. The molecule has 0 radical (unpaired) electrons. The van der Waals surface area contributed by atoms with E-state index < -0.39 is 6.23 Å². The number of nitrogens with zero attached hydrogens (tertiary/aromatic N) is 1. The molecule has 1 aliphatic heterocycles. The summed E-state index contributed by atoms with van der Waals surface area (Å²) in [6.07, 6.45) is 6.25. The average molecular weight is 283 g/mol. The number of aromatic amines is 1. The van der Waals surface area contributed by atoms with E-state index in [0.717, 1.165) is 41.5 Å². The monoisotopic (exact) mass is 283 g/mol. The SMILES string of the molecule is Cc1ncc(-c2ccc3c(c2)CC(CC2CC2)C(O)N3)[nH]1. The number of fused-ring (bicyclic) bond motifs is 1. The molecule has 2 aliphatic rings. The predicted octanol–water partition coefficient (Wildman–Crippen LogP) is 3.09. The molecule has 1 saturated carbocycles. The van der Waals surface area contributed by atoms with Crippen LogP contribution >= 0.6 is 0 Å². The molecule has 1 fully saturated rings. The van der Waals surface area contributed by atoms with Gasteiger partial charge in [-0.1, -0.05) is 18.9 Å². The molecule has 1 aromatic carbocycles. The molecular formula is C17H21N3O. The van der Waals surface area contributed by atoms with Crippen molar-refractivity contribution in [1.29, 1.82) is 0 Å². The second kappa shape index (κ2) is 4.88. The Hall–Kier alpha value is -1.81. The second-order valence-corrected chi connectivity index (χ2v) is 6.49. The standard InChI is InChI=1S/C17H21N3O/c1-10-18-9-16(19-10)12-4-5-15-13(7-12)8-14(17(21)20-15)6-11-2-3-11/h4-5,7,9,11,14,17,20-21H,2-3,6,8H2,1H3,(H,18,19). The largest absolute Gasteiger partial charge is 0.374 e. The van der Waals surface area contributed by atoms with E-state index >= 15 is 0 Å². The minimum absolute atomic E-state index is 0.337. The molecule has 2 atom stereocenters. The van der Waals surface area contributed by atoms with Gasteiger partial charge in [0.25, 0.3) is 0 Å². The Bertz CT molecular complexity index is 660. The Morgan fingerprint density at radius 2 is 2.19 bits per heavy atom. The van der Waals surface area contributed by atoms with Crippen LogP contribution in [-0.2, 0) is 6.42 Å². The Morgan fingerprint density at radius 3 is 2.90 bits per heavy atom. The molecule has 1 aliphatic carbocycles. The average Bonchev–Trinajstić information content (AvgIpc) is 3.18. The summed E-state index contributed by atoms with van der Waals surface area (Å²) in [5.41, 5.74) is 4.59. The number of benzene rings is 1. The Labute approximate surface area is 124 Å². The molecule has 0 spiro atoms. The third-order valence-electron chi connectivity index (χ3n) is 4.68. The molecular weight excluding hydrogens is 262 g/mol. The number of aliphatic hydroxyl groups is 1. The highest BCUT2D eigenvalue weighted by Crippen LogP contribution is 2.40. The summed E-state index contributed by atoms with van der Waals surface area (Å²) < 4.78 is 0. The Morgan fingerprint density at radius 1 is 1.33 bits per heavy atom. The van der Waals surface area contributed by atoms with E-state index in [1.54, 1.807) is 0 Å². The van der Waals surface area contributed by atoms with Gasteiger partial charge in [0.05, 0.1) is 11.9 Å². The lowest BCUT2D eigenvalue weighted by Crippen LogP contribution is -2.35. The van der Waals surface area contributed by atoms with E-state index in [-0.39, 0.29) is 0 Å². The lowest BCUT2D eigenvalue weighted by Gasteiger charge is -2.31. The van der Waals surface area contributed by atoms with Crippen molar-refractivity contribution in [2.24, 2.45) is 11.8 Å². The summed E-state index contributed by atoms with van der Waals surface area (Å²) in [4.78, 5) is 7.55. The van der Waals surface area contributed by atoms with Gasteiger partial charge in [0, 0.05) is 11.6 Å². The molecule has 3 N–H and O–H groups in total. The van der Waals surface area contributed by atoms with Crippen LogP contribution < -0.4 is 5.32 Å². The molecule has 4 heteroatoms. The van der Waals surface area contributed by atoms with E-state index in [1.807, 2.05) is 13.1 Å². The van der Waals surface area contributed by atoms with Crippen LogP contribution in [0.15, 0.2) is 24.4 Å². The highest BCUT2D eigenvalue weighted by atomic mass is 16.3. The first kappa shape index (κ1) is 12.9. The van der Waals surface area contributed by atoms with Gasteiger partial charge in [0.15, 0.2) is 0 Å². The molecule has 1 aromatic heterocycles. The number of aryl methyl sites for hydroxylation is 1. The van der Waals surface area contributed by atoms with Crippen LogP contribution in [0.3, 0.4) is 0 Å². The highest BCUT2D eigenvalue weighted by molar-refractivity contribution is 5.66. The maximum atomic E-state index is 10.3. The molecule has 4 nitrogen and oxygen atoms in total. The fourth-order valence-corrected chi connectivity index (χ4v) is 3.30. The topological polar surface area (TPSA) is 60.9 Å². The zero-order chi connectivity index (χ0) is 14.4. The van der Waals surface area contributed by atoms with E-state index in [1.165, 1.54) is 18.4 Å². The zero-order valence-corrected chi connectivity index (χ0v) is 12.3. The summed E-state index contributed by atoms with van der Waals surface area (Å²) in [5.74, 6) is 2.11. The second-order valence-electron chi connectivity index (χ2n) is 6.49. The van der Waals surface area contributed by atoms with Crippen molar-refractivity contribution >= 4 is 5.69 Å². The van der Waals surface area contributed by atoms with Crippen LogP contribution in [0, 0.1) is 18.8 Å². The summed E-state index contributed by atoms with van der Waals surface area (Å²) in [7, 11) is 0. The van der Waals surface area contributed by atoms with Crippen molar-refractivity contribution in [2.45, 2.75) is 38.8 Å². The summed E-state index contributed by atoms with van der Waals surface area (Å²) >= 11 is 0. The van der Waals surface area contributed by atoms with Gasteiger partial charge in [-0.2, -0.15) is 0 Å². The highest BCUT2D eigenvalue weighted by Gasteiger charge is 2.32. The maximum absolute atomic E-state index is 10.3. The lowest BCUT2D eigenvalue weighted by atomic mass is 9.87. The van der Waals surface area contributed by atoms with Gasteiger partial charge in [-0.3, -0.25) is 0 Å². The third kappa shape index (κ3) is 2.56. The van der Waals surface area contributed by atoms with Crippen LogP contribution in [0.1, 0.15) is 30.7 Å². The number of aliphatic hydroxyl groups excluding tert-OH is 1. The van der Waals surface area contributed by atoms with Crippen LogP contribution in [0.5, 0.6) is 0 Å². The number of anilines is 1. The first-order valence-electron chi connectivity index (χ1n) is 7.78. The van der Waals surface area contributed by atoms with Crippen LogP contribution in [0.2, 0.25) is 0 Å². The van der Waals surface area contributed by atoms with Crippen LogP contribution in [0.25, 0.3) is 11.3 Å².